The first kappa shape index (κ1) is 19.5. The third-order valence-corrected chi connectivity index (χ3v) is 5.67. The van der Waals surface area contributed by atoms with Gasteiger partial charge < -0.3 is 25.6 Å². The van der Waals surface area contributed by atoms with E-state index in [9.17, 15) is 0 Å². The Kier molecular flexibility index (Phi) is 6.14. The molecule has 7 nitrogen and oxygen atoms in total. The van der Waals surface area contributed by atoms with Crippen molar-refractivity contribution in [2.75, 3.05) is 44.2 Å². The van der Waals surface area contributed by atoms with Gasteiger partial charge in [-0.25, -0.2) is 9.98 Å². The molecule has 1 saturated heterocycles. The maximum absolute atomic E-state index is 6.19. The van der Waals surface area contributed by atoms with Gasteiger partial charge in [0.1, 0.15) is 11.6 Å². The number of nitrogens with two attached hydrogens (primary N) is 1. The molecule has 3 heterocycles. The standard InChI is InChI=1S/C22H30N6O/c1-2-27-10-12-28(13-11-27)21-15-17(7-9-24-21)16-25-22(23)26-19-8-14-29-20-6-4-3-5-18(19)20/h3-7,9,15,19H,2,8,10-14,16H2,1H3,(H3,23,25,26). The monoisotopic (exact) mass is 394 g/mol. The van der Waals surface area contributed by atoms with E-state index in [1.165, 1.54) is 0 Å². The average Bonchev–Trinajstić information content (AvgIpc) is 2.78. The molecule has 3 N–H and O–H groups in total. The number of aliphatic imine (C=N–C) groups is 1. The van der Waals surface area contributed by atoms with Crippen molar-refractivity contribution < 1.29 is 4.74 Å². The molecule has 0 aliphatic carbocycles. The Morgan fingerprint density at radius 3 is 2.90 bits per heavy atom. The second-order valence-corrected chi connectivity index (χ2v) is 7.52. The topological polar surface area (TPSA) is 79.0 Å². The number of pyridine rings is 1. The Morgan fingerprint density at radius 1 is 1.24 bits per heavy atom. The lowest BCUT2D eigenvalue weighted by molar-refractivity contribution is 0.262. The van der Waals surface area contributed by atoms with Crippen molar-refractivity contribution in [3.8, 4) is 5.75 Å². The number of hydrogen-bond acceptors (Lipinski definition) is 5. The number of para-hydroxylation sites is 1. The summed E-state index contributed by atoms with van der Waals surface area (Å²) in [5.74, 6) is 2.41. The van der Waals surface area contributed by atoms with Crippen molar-refractivity contribution in [1.82, 2.24) is 15.2 Å². The highest BCUT2D eigenvalue weighted by molar-refractivity contribution is 5.78. The number of nitrogens with one attached hydrogen (secondary N) is 1. The number of ether oxygens (including phenoxy) is 1. The van der Waals surface area contributed by atoms with E-state index in [0.717, 1.165) is 61.8 Å². The summed E-state index contributed by atoms with van der Waals surface area (Å²) in [6.07, 6.45) is 2.74. The number of rotatable bonds is 5. The zero-order chi connectivity index (χ0) is 20.1. The summed E-state index contributed by atoms with van der Waals surface area (Å²) in [7, 11) is 0. The van der Waals surface area contributed by atoms with Gasteiger partial charge in [0.15, 0.2) is 5.96 Å². The van der Waals surface area contributed by atoms with Crippen LogP contribution in [0.3, 0.4) is 0 Å². The van der Waals surface area contributed by atoms with Crippen LogP contribution in [0, 0.1) is 0 Å². The van der Waals surface area contributed by atoms with Gasteiger partial charge >= 0.3 is 0 Å². The smallest absolute Gasteiger partial charge is 0.189 e. The number of benzene rings is 1. The fourth-order valence-corrected chi connectivity index (χ4v) is 3.92. The molecule has 0 amide bonds. The Labute approximate surface area is 172 Å². The minimum Gasteiger partial charge on any atom is -0.493 e. The third-order valence-electron chi connectivity index (χ3n) is 5.67. The van der Waals surface area contributed by atoms with Crippen LogP contribution >= 0.6 is 0 Å². The molecule has 2 aliphatic heterocycles. The third kappa shape index (κ3) is 4.79. The summed E-state index contributed by atoms with van der Waals surface area (Å²) in [6.45, 7) is 8.74. The van der Waals surface area contributed by atoms with Crippen molar-refractivity contribution in [3.05, 3.63) is 53.7 Å². The van der Waals surface area contributed by atoms with E-state index >= 15 is 0 Å². The normalized spacial score (nSPS) is 20.1. The van der Waals surface area contributed by atoms with Crippen molar-refractivity contribution in [1.29, 1.82) is 0 Å². The van der Waals surface area contributed by atoms with Crippen LogP contribution in [0.1, 0.15) is 30.5 Å². The summed E-state index contributed by atoms with van der Waals surface area (Å²) < 4.78 is 5.71. The van der Waals surface area contributed by atoms with E-state index in [4.69, 9.17) is 10.5 Å². The van der Waals surface area contributed by atoms with Crippen LogP contribution in [-0.2, 0) is 6.54 Å². The number of aromatic nitrogens is 1. The van der Waals surface area contributed by atoms with Crippen molar-refractivity contribution in [3.63, 3.8) is 0 Å². The molecule has 0 spiro atoms. The molecular weight excluding hydrogens is 364 g/mol. The minimum atomic E-state index is 0.131. The molecular formula is C22H30N6O. The van der Waals surface area contributed by atoms with Crippen molar-refractivity contribution in [2.24, 2.45) is 10.7 Å². The molecule has 7 heteroatoms. The molecule has 0 saturated carbocycles. The first-order chi connectivity index (χ1) is 14.2. The molecule has 2 aromatic rings. The predicted octanol–water partition coefficient (Wildman–Crippen LogP) is 2.15. The largest absolute Gasteiger partial charge is 0.493 e. The maximum atomic E-state index is 6.19. The van der Waals surface area contributed by atoms with Gasteiger partial charge in [-0.05, 0) is 30.3 Å². The molecule has 1 fully saturated rings. The van der Waals surface area contributed by atoms with E-state index in [-0.39, 0.29) is 6.04 Å². The Balaban J connectivity index is 1.37. The molecule has 1 atom stereocenters. The fraction of sp³-hybridized carbons (Fsp3) is 0.455. The number of anilines is 1. The predicted molar refractivity (Wildman–Crippen MR) is 116 cm³/mol. The van der Waals surface area contributed by atoms with E-state index < -0.39 is 0 Å². The van der Waals surface area contributed by atoms with Gasteiger partial charge in [-0.15, -0.1) is 0 Å². The molecule has 2 aliphatic rings. The van der Waals surface area contributed by atoms with Gasteiger partial charge in [0.05, 0.1) is 19.2 Å². The second kappa shape index (κ2) is 9.13. The van der Waals surface area contributed by atoms with Crippen LogP contribution in [0.5, 0.6) is 5.75 Å². The molecule has 1 aromatic heterocycles. The first-order valence-corrected chi connectivity index (χ1v) is 10.4. The highest BCUT2D eigenvalue weighted by Gasteiger charge is 2.21. The minimum absolute atomic E-state index is 0.131. The number of nitrogens with zero attached hydrogens (tertiary/aromatic N) is 4. The van der Waals surface area contributed by atoms with Crippen molar-refractivity contribution >= 4 is 11.8 Å². The van der Waals surface area contributed by atoms with Crippen LogP contribution in [0.4, 0.5) is 5.82 Å². The van der Waals surface area contributed by atoms with Gasteiger partial charge in [0.25, 0.3) is 0 Å². The van der Waals surface area contributed by atoms with Crippen LogP contribution in [-0.4, -0.2) is 55.2 Å². The lowest BCUT2D eigenvalue weighted by Gasteiger charge is -2.34. The van der Waals surface area contributed by atoms with Gasteiger partial charge in [-0.3, -0.25) is 0 Å². The van der Waals surface area contributed by atoms with E-state index in [1.54, 1.807) is 0 Å². The highest BCUT2D eigenvalue weighted by atomic mass is 16.5. The summed E-state index contributed by atoms with van der Waals surface area (Å²) in [6, 6.07) is 12.3. The van der Waals surface area contributed by atoms with Gasteiger partial charge in [-0.1, -0.05) is 25.1 Å². The Hall–Kier alpha value is -2.80. The first-order valence-electron chi connectivity index (χ1n) is 10.4. The number of piperazine rings is 1. The second-order valence-electron chi connectivity index (χ2n) is 7.52. The summed E-state index contributed by atoms with van der Waals surface area (Å²) in [4.78, 5) is 13.9. The Bertz CT molecular complexity index is 847. The average molecular weight is 395 g/mol. The van der Waals surface area contributed by atoms with Crippen LogP contribution in [0.2, 0.25) is 0 Å². The lowest BCUT2D eigenvalue weighted by Crippen LogP contribution is -2.46. The van der Waals surface area contributed by atoms with Crippen LogP contribution in [0.25, 0.3) is 0 Å². The van der Waals surface area contributed by atoms with Crippen LogP contribution in [0.15, 0.2) is 47.6 Å². The van der Waals surface area contributed by atoms with E-state index in [1.807, 2.05) is 30.5 Å². The number of fused-ring (bicyclic) bond motifs is 1. The molecule has 1 aromatic carbocycles. The van der Waals surface area contributed by atoms with E-state index in [0.29, 0.717) is 19.1 Å². The highest BCUT2D eigenvalue weighted by Crippen LogP contribution is 2.31. The van der Waals surface area contributed by atoms with Gasteiger partial charge in [0.2, 0.25) is 0 Å². The molecule has 29 heavy (non-hydrogen) atoms. The molecule has 0 radical (unpaired) electrons. The van der Waals surface area contributed by atoms with Crippen LogP contribution < -0.4 is 20.7 Å². The number of guanidine groups is 1. The summed E-state index contributed by atoms with van der Waals surface area (Å²) in [5.41, 5.74) is 8.44. The summed E-state index contributed by atoms with van der Waals surface area (Å²) >= 11 is 0. The SMILES string of the molecule is CCN1CCN(c2cc(CN=C(N)NC3CCOc4ccccc43)ccn2)CC1. The zero-order valence-electron chi connectivity index (χ0n) is 17.1. The summed E-state index contributed by atoms with van der Waals surface area (Å²) in [5, 5.41) is 3.35. The Morgan fingerprint density at radius 2 is 2.07 bits per heavy atom. The van der Waals surface area contributed by atoms with Gasteiger partial charge in [-0.2, -0.15) is 0 Å². The number of hydrogen-bond donors (Lipinski definition) is 2. The molecule has 0 bridgehead atoms. The molecule has 4 rings (SSSR count). The fourth-order valence-electron chi connectivity index (χ4n) is 3.92. The molecule has 1 unspecified atom stereocenters. The lowest BCUT2D eigenvalue weighted by atomic mass is 10.0. The quantitative estimate of drug-likeness (QED) is 0.598. The number of likely N-dealkylation sites (N-methyl/N-ethyl adjacent to an activating group) is 1. The molecule has 154 valence electrons. The van der Waals surface area contributed by atoms with Crippen molar-refractivity contribution in [2.45, 2.75) is 25.9 Å². The maximum Gasteiger partial charge on any atom is 0.189 e. The van der Waals surface area contributed by atoms with E-state index in [2.05, 4.69) is 44.1 Å². The van der Waals surface area contributed by atoms with Gasteiger partial charge in [0, 0.05) is 44.4 Å². The zero-order valence-corrected chi connectivity index (χ0v) is 17.1.